The maximum atomic E-state index is 6.80. The van der Waals surface area contributed by atoms with E-state index >= 15 is 0 Å². The van der Waals surface area contributed by atoms with E-state index in [4.69, 9.17) is 38.7 Å². The molecule has 0 atom stereocenters. The summed E-state index contributed by atoms with van der Waals surface area (Å²) in [4.78, 5) is 31.7. The molecule has 13 aromatic carbocycles. The number of benzene rings is 13. The van der Waals surface area contributed by atoms with E-state index in [1.165, 1.54) is 0 Å². The molecule has 0 unspecified atom stereocenters. The molecule has 10 nitrogen and oxygen atoms in total. The number of aromatic nitrogens is 8. The average molecular weight is 1360 g/mol. The van der Waals surface area contributed by atoms with Crippen LogP contribution >= 0.6 is 0 Å². The van der Waals surface area contributed by atoms with Gasteiger partial charge in [-0.1, -0.05) is 231 Å². The fourth-order valence-electron chi connectivity index (χ4n) is 15.7. The molecular weight excluding hydrogens is 1300 g/mol. The molecule has 0 spiro atoms. The van der Waals surface area contributed by atoms with E-state index in [0.717, 1.165) is 189 Å². The third-order valence-corrected chi connectivity index (χ3v) is 20.6. The first kappa shape index (κ1) is 60.3. The van der Waals surface area contributed by atoms with Crippen molar-refractivity contribution in [2.24, 2.45) is 0 Å². The van der Waals surface area contributed by atoms with E-state index in [-0.39, 0.29) is 0 Å². The van der Waals surface area contributed by atoms with E-state index in [1.807, 2.05) is 73.1 Å². The smallest absolute Gasteiger partial charge is 0.161 e. The SMILES string of the molecule is c1ccc(-c2ccc(-c3cc(-c4ccccc4)nc(-c4cc(-c5ccnc6c5oc5ccccc56)cc(-n5c6ccccc6c6c(-c7ccc8c9ccccc9n(-c9cc(-c%10nc(-c%11ccccc%11)cc(-c%11ccccc%11)n%10)cc(-c%10ccnc%11c%10oc%10ccccc%10%11)c9)c8c7)cccc65)c4)n3)cc2)cc1. The summed E-state index contributed by atoms with van der Waals surface area (Å²) >= 11 is 0. The molecule has 0 aliphatic rings. The molecule has 106 heavy (non-hydrogen) atoms. The Morgan fingerprint density at radius 2 is 0.604 bits per heavy atom. The van der Waals surface area contributed by atoms with E-state index in [2.05, 4.69) is 288 Å². The van der Waals surface area contributed by atoms with E-state index < -0.39 is 0 Å². The summed E-state index contributed by atoms with van der Waals surface area (Å²) < 4.78 is 18.4. The van der Waals surface area contributed by atoms with Crippen molar-refractivity contribution in [1.82, 2.24) is 39.0 Å². The molecule has 8 aromatic heterocycles. The molecule has 494 valence electrons. The van der Waals surface area contributed by atoms with E-state index in [0.29, 0.717) is 22.8 Å². The normalized spacial score (nSPS) is 11.8. The highest BCUT2D eigenvalue weighted by molar-refractivity contribution is 6.18. The summed E-state index contributed by atoms with van der Waals surface area (Å²) in [7, 11) is 0. The van der Waals surface area contributed by atoms with Crippen LogP contribution in [0.1, 0.15) is 0 Å². The lowest BCUT2D eigenvalue weighted by Gasteiger charge is -2.15. The summed E-state index contributed by atoms with van der Waals surface area (Å²) in [5, 5.41) is 6.37. The lowest BCUT2D eigenvalue weighted by atomic mass is 9.98. The molecule has 10 heteroatoms. The van der Waals surface area contributed by atoms with Crippen molar-refractivity contribution in [2.75, 3.05) is 0 Å². The van der Waals surface area contributed by atoms with Gasteiger partial charge in [0.2, 0.25) is 0 Å². The molecule has 0 saturated heterocycles. The first-order valence-corrected chi connectivity index (χ1v) is 35.5. The highest BCUT2D eigenvalue weighted by Crippen LogP contribution is 2.46. The van der Waals surface area contributed by atoms with Crippen LogP contribution < -0.4 is 0 Å². The number of para-hydroxylation sites is 4. The third kappa shape index (κ3) is 10.2. The van der Waals surface area contributed by atoms with Gasteiger partial charge in [-0.25, -0.2) is 19.9 Å². The summed E-state index contributed by atoms with van der Waals surface area (Å²) in [6.45, 7) is 0. The molecule has 21 aromatic rings. The molecule has 0 bridgehead atoms. The van der Waals surface area contributed by atoms with Crippen molar-refractivity contribution >= 4 is 87.7 Å². The van der Waals surface area contributed by atoms with Crippen molar-refractivity contribution in [3.8, 4) is 124 Å². The number of rotatable bonds is 12. The minimum atomic E-state index is 0.582. The average Bonchev–Trinajstić information content (AvgIpc) is 1.56. The van der Waals surface area contributed by atoms with Crippen molar-refractivity contribution in [2.45, 2.75) is 0 Å². The van der Waals surface area contributed by atoms with Gasteiger partial charge in [0.05, 0.1) is 44.8 Å². The maximum absolute atomic E-state index is 6.80. The Balaban J connectivity index is 0.774. The fraction of sp³-hybridized carbons (Fsp3) is 0. The zero-order valence-electron chi connectivity index (χ0n) is 56.9. The molecule has 0 N–H and O–H groups in total. The predicted molar refractivity (Wildman–Crippen MR) is 431 cm³/mol. The topological polar surface area (TPSA) is 113 Å². The van der Waals surface area contributed by atoms with Crippen LogP contribution in [0, 0.1) is 0 Å². The van der Waals surface area contributed by atoms with Gasteiger partial charge in [0.25, 0.3) is 0 Å². The number of furan rings is 2. The van der Waals surface area contributed by atoms with E-state index in [1.54, 1.807) is 0 Å². The largest absolute Gasteiger partial charge is 0.454 e. The van der Waals surface area contributed by atoms with Crippen molar-refractivity contribution in [3.63, 3.8) is 0 Å². The Kier molecular flexibility index (Phi) is 14.0. The Bertz CT molecular complexity index is 7000. The molecule has 0 saturated carbocycles. The van der Waals surface area contributed by atoms with Crippen LogP contribution in [0.2, 0.25) is 0 Å². The standard InChI is InChI=1S/C96H58N8O2/c1-5-22-59(23-6-1)60-40-42-64(43-41-60)83-58-82(63-28-11-4-12-29-63)101-96(102-83)68-50-66(73-46-48-97-91-78-32-15-19-38-88(78)105-93(73)91)52-70(54-68)103-85-36-18-14-31-77(85)90-72(34-21-37-86(90)103)65-44-45-76-75-30-13-17-35-84(75)104(87(76)56-65)71-53-67(74-47-49-98-92-79-33-16-20-39-89(79)106-94(74)92)51-69(55-71)95-99-80(61-24-7-2-8-25-61)57-81(100-95)62-26-9-3-10-27-62/h1-58H. The Hall–Kier alpha value is -14.5. The van der Waals surface area contributed by atoms with Gasteiger partial charge in [-0.05, 0) is 143 Å². The van der Waals surface area contributed by atoms with Crippen LogP contribution in [-0.4, -0.2) is 39.0 Å². The van der Waals surface area contributed by atoms with Gasteiger partial charge in [-0.15, -0.1) is 0 Å². The van der Waals surface area contributed by atoms with Crippen LogP contribution in [0.5, 0.6) is 0 Å². The van der Waals surface area contributed by atoms with Crippen LogP contribution in [0.4, 0.5) is 0 Å². The summed E-state index contributed by atoms with van der Waals surface area (Å²) in [5.41, 5.74) is 27.5. The molecule has 0 radical (unpaired) electrons. The summed E-state index contributed by atoms with van der Waals surface area (Å²) in [6, 6.07) is 119. The lowest BCUT2D eigenvalue weighted by Crippen LogP contribution is -2.00. The first-order chi connectivity index (χ1) is 52.5. The number of hydrogen-bond donors (Lipinski definition) is 0. The Morgan fingerprint density at radius 1 is 0.226 bits per heavy atom. The van der Waals surface area contributed by atoms with Gasteiger partial charge in [0.1, 0.15) is 22.2 Å². The van der Waals surface area contributed by atoms with Crippen LogP contribution in [0.25, 0.3) is 211 Å². The summed E-state index contributed by atoms with van der Waals surface area (Å²) in [6.07, 6.45) is 3.77. The van der Waals surface area contributed by atoms with Gasteiger partial charge < -0.3 is 18.0 Å². The molecule has 0 aliphatic heterocycles. The Labute approximate surface area is 607 Å². The van der Waals surface area contributed by atoms with Crippen LogP contribution in [0.3, 0.4) is 0 Å². The van der Waals surface area contributed by atoms with E-state index in [9.17, 15) is 0 Å². The van der Waals surface area contributed by atoms with Crippen molar-refractivity contribution in [1.29, 1.82) is 0 Å². The molecular formula is C96H58N8O2. The number of nitrogens with zero attached hydrogens (tertiary/aromatic N) is 8. The van der Waals surface area contributed by atoms with Gasteiger partial charge in [-0.2, -0.15) is 0 Å². The molecule has 0 aliphatic carbocycles. The Morgan fingerprint density at radius 3 is 1.12 bits per heavy atom. The minimum absolute atomic E-state index is 0.582. The second-order valence-corrected chi connectivity index (χ2v) is 26.9. The monoisotopic (exact) mass is 1350 g/mol. The minimum Gasteiger partial charge on any atom is -0.454 e. The fourth-order valence-corrected chi connectivity index (χ4v) is 15.7. The maximum Gasteiger partial charge on any atom is 0.161 e. The number of hydrogen-bond acceptors (Lipinski definition) is 8. The predicted octanol–water partition coefficient (Wildman–Crippen LogP) is 24.7. The second-order valence-electron chi connectivity index (χ2n) is 26.9. The zero-order chi connectivity index (χ0) is 69.8. The second kappa shape index (κ2) is 24.7. The third-order valence-electron chi connectivity index (χ3n) is 20.6. The number of pyridine rings is 2. The summed E-state index contributed by atoms with van der Waals surface area (Å²) in [5.74, 6) is 1.17. The van der Waals surface area contributed by atoms with Gasteiger partial charge in [0, 0.05) is 101 Å². The van der Waals surface area contributed by atoms with Crippen molar-refractivity contribution < 1.29 is 8.83 Å². The molecule has 0 amide bonds. The zero-order valence-corrected chi connectivity index (χ0v) is 56.9. The molecule has 21 rings (SSSR count). The van der Waals surface area contributed by atoms with Crippen LogP contribution in [0.15, 0.2) is 361 Å². The number of fused-ring (bicyclic) bond motifs is 12. The highest BCUT2D eigenvalue weighted by atomic mass is 16.3. The van der Waals surface area contributed by atoms with Gasteiger partial charge in [0.15, 0.2) is 22.8 Å². The molecule has 8 heterocycles. The van der Waals surface area contributed by atoms with Gasteiger partial charge >= 0.3 is 0 Å². The van der Waals surface area contributed by atoms with Gasteiger partial charge in [-0.3, -0.25) is 9.97 Å². The first-order valence-electron chi connectivity index (χ1n) is 35.5. The quantitative estimate of drug-likeness (QED) is 0.119. The highest BCUT2D eigenvalue weighted by Gasteiger charge is 2.25. The molecule has 0 fully saturated rings. The van der Waals surface area contributed by atoms with Crippen molar-refractivity contribution in [3.05, 3.63) is 352 Å². The van der Waals surface area contributed by atoms with Crippen LogP contribution in [-0.2, 0) is 0 Å². The lowest BCUT2D eigenvalue weighted by molar-refractivity contribution is 0.669.